The maximum absolute atomic E-state index is 12.9. The predicted molar refractivity (Wildman–Crippen MR) is 109 cm³/mol. The monoisotopic (exact) mass is 424 g/mol. The highest BCUT2D eigenvalue weighted by Gasteiger charge is 2.16. The average Bonchev–Trinajstić information content (AvgIpc) is 3.36. The van der Waals surface area contributed by atoms with Gasteiger partial charge < -0.3 is 0 Å². The molecule has 0 aromatic carbocycles. The highest BCUT2D eigenvalue weighted by molar-refractivity contribution is 8.00. The molecule has 25 heavy (non-hydrogen) atoms. The van der Waals surface area contributed by atoms with Crippen LogP contribution in [0.15, 0.2) is 37.2 Å². The van der Waals surface area contributed by atoms with Crippen molar-refractivity contribution in [3.05, 3.63) is 38.3 Å². The molecule has 0 spiro atoms. The summed E-state index contributed by atoms with van der Waals surface area (Å²) in [7, 11) is 1.78. The SMILES string of the molecule is CSc1nnc(CSc2nc3scc(-c4cccs4)c3c(=O)n2C)s1. The van der Waals surface area contributed by atoms with Gasteiger partial charge in [0.1, 0.15) is 9.84 Å². The molecule has 0 atom stereocenters. The second-order valence-corrected chi connectivity index (χ2v) is 9.88. The second-order valence-electron chi connectivity index (χ2n) is 5.02. The largest absolute Gasteiger partial charge is 0.290 e. The van der Waals surface area contributed by atoms with E-state index in [0.29, 0.717) is 16.3 Å². The van der Waals surface area contributed by atoms with Crippen LogP contribution < -0.4 is 5.56 Å². The fraction of sp³-hybridized carbons (Fsp3) is 0.200. The van der Waals surface area contributed by atoms with E-state index in [4.69, 9.17) is 4.98 Å². The topological polar surface area (TPSA) is 60.7 Å². The number of nitrogens with zero attached hydrogens (tertiary/aromatic N) is 4. The van der Waals surface area contributed by atoms with Crippen molar-refractivity contribution in [2.24, 2.45) is 7.05 Å². The molecule has 0 saturated heterocycles. The van der Waals surface area contributed by atoms with Crippen LogP contribution in [0.5, 0.6) is 0 Å². The molecule has 0 bridgehead atoms. The van der Waals surface area contributed by atoms with Gasteiger partial charge in [-0.1, -0.05) is 40.9 Å². The molecule has 4 aromatic heterocycles. The normalized spacial score (nSPS) is 11.4. The molecule has 5 nitrogen and oxygen atoms in total. The Morgan fingerprint density at radius 2 is 2.16 bits per heavy atom. The minimum absolute atomic E-state index is 0.000725. The number of hydrogen-bond acceptors (Lipinski definition) is 9. The second kappa shape index (κ2) is 7.20. The molecule has 0 fully saturated rings. The maximum Gasteiger partial charge on any atom is 0.263 e. The summed E-state index contributed by atoms with van der Waals surface area (Å²) in [4.78, 5) is 19.5. The van der Waals surface area contributed by atoms with Crippen molar-refractivity contribution >= 4 is 67.8 Å². The molecule has 0 saturated carbocycles. The number of aromatic nitrogens is 4. The van der Waals surface area contributed by atoms with E-state index < -0.39 is 0 Å². The fourth-order valence-corrected chi connectivity index (χ4v) is 6.37. The zero-order valence-corrected chi connectivity index (χ0v) is 17.3. The Hall–Kier alpha value is -1.20. The molecule has 0 aliphatic rings. The summed E-state index contributed by atoms with van der Waals surface area (Å²) in [6.45, 7) is 0. The Morgan fingerprint density at radius 1 is 1.28 bits per heavy atom. The third-order valence-electron chi connectivity index (χ3n) is 3.51. The molecule has 4 heterocycles. The first-order chi connectivity index (χ1) is 12.2. The van der Waals surface area contributed by atoms with Crippen molar-refractivity contribution in [3.63, 3.8) is 0 Å². The minimum atomic E-state index is -0.000725. The van der Waals surface area contributed by atoms with E-state index in [1.54, 1.807) is 46.1 Å². The van der Waals surface area contributed by atoms with Gasteiger partial charge in [-0.15, -0.1) is 32.9 Å². The van der Waals surface area contributed by atoms with E-state index in [1.807, 2.05) is 29.1 Å². The van der Waals surface area contributed by atoms with Gasteiger partial charge in [0, 0.05) is 22.9 Å². The van der Waals surface area contributed by atoms with Crippen LogP contribution in [0, 0.1) is 0 Å². The lowest BCUT2D eigenvalue weighted by atomic mass is 10.2. The van der Waals surface area contributed by atoms with E-state index >= 15 is 0 Å². The Balaban J connectivity index is 1.69. The van der Waals surface area contributed by atoms with Crippen molar-refractivity contribution in [2.75, 3.05) is 6.26 Å². The standard InChI is InChI=1S/C15H12N4OS5/c1-19-13(20)11-8(9-4-3-5-22-9)6-23-12(11)16-14(19)24-7-10-17-18-15(21-2)25-10/h3-6H,7H2,1-2H3. The quantitative estimate of drug-likeness (QED) is 0.345. The summed E-state index contributed by atoms with van der Waals surface area (Å²) in [6.07, 6.45) is 1.98. The zero-order chi connectivity index (χ0) is 17.4. The maximum atomic E-state index is 12.9. The summed E-state index contributed by atoms with van der Waals surface area (Å²) < 4.78 is 2.58. The molecule has 0 aliphatic carbocycles. The summed E-state index contributed by atoms with van der Waals surface area (Å²) in [5, 5.41) is 14.7. The Morgan fingerprint density at radius 3 is 2.88 bits per heavy atom. The van der Waals surface area contributed by atoms with Crippen LogP contribution in [0.4, 0.5) is 0 Å². The van der Waals surface area contributed by atoms with E-state index in [-0.39, 0.29) is 5.56 Å². The number of fused-ring (bicyclic) bond motifs is 1. The highest BCUT2D eigenvalue weighted by Crippen LogP contribution is 2.35. The van der Waals surface area contributed by atoms with Crippen LogP contribution in [0.1, 0.15) is 5.01 Å². The van der Waals surface area contributed by atoms with Gasteiger partial charge in [0.05, 0.1) is 11.1 Å². The van der Waals surface area contributed by atoms with Crippen LogP contribution in [0.2, 0.25) is 0 Å². The first kappa shape index (κ1) is 17.2. The van der Waals surface area contributed by atoms with Crippen molar-refractivity contribution in [1.82, 2.24) is 19.7 Å². The van der Waals surface area contributed by atoms with E-state index in [9.17, 15) is 4.79 Å². The van der Waals surface area contributed by atoms with Gasteiger partial charge in [-0.2, -0.15) is 0 Å². The molecule has 4 rings (SSSR count). The van der Waals surface area contributed by atoms with Crippen LogP contribution in [-0.4, -0.2) is 26.0 Å². The van der Waals surface area contributed by atoms with Gasteiger partial charge in [0.25, 0.3) is 5.56 Å². The fourth-order valence-electron chi connectivity index (χ4n) is 2.30. The van der Waals surface area contributed by atoms with Gasteiger partial charge in [0.2, 0.25) is 0 Å². The first-order valence-corrected chi connectivity index (χ1v) is 12.0. The Kier molecular flexibility index (Phi) is 4.96. The van der Waals surface area contributed by atoms with Gasteiger partial charge in [0.15, 0.2) is 9.50 Å². The molecule has 0 unspecified atom stereocenters. The van der Waals surface area contributed by atoms with E-state index in [2.05, 4.69) is 10.2 Å². The smallest absolute Gasteiger partial charge is 0.263 e. The Labute approximate surface area is 164 Å². The molecule has 0 radical (unpaired) electrons. The summed E-state index contributed by atoms with van der Waals surface area (Å²) >= 11 is 7.84. The van der Waals surface area contributed by atoms with Crippen molar-refractivity contribution in [2.45, 2.75) is 15.2 Å². The molecular formula is C15H12N4OS5. The third-order valence-corrected chi connectivity index (χ3v) is 8.41. The predicted octanol–water partition coefficient (Wildman–Crippen LogP) is 4.59. The number of thiophene rings is 2. The summed E-state index contributed by atoms with van der Waals surface area (Å²) in [6, 6.07) is 4.03. The van der Waals surface area contributed by atoms with Gasteiger partial charge in [-0.05, 0) is 17.7 Å². The molecule has 0 aliphatic heterocycles. The average molecular weight is 425 g/mol. The highest BCUT2D eigenvalue weighted by atomic mass is 32.2. The van der Waals surface area contributed by atoms with Gasteiger partial charge >= 0.3 is 0 Å². The molecule has 128 valence electrons. The third kappa shape index (κ3) is 3.28. The summed E-state index contributed by atoms with van der Waals surface area (Å²) in [5.41, 5.74) is 0.979. The number of hydrogen-bond donors (Lipinski definition) is 0. The number of thioether (sulfide) groups is 2. The molecule has 4 aromatic rings. The summed E-state index contributed by atoms with van der Waals surface area (Å²) in [5.74, 6) is 0.660. The molecule has 0 amide bonds. The van der Waals surface area contributed by atoms with Crippen molar-refractivity contribution in [3.8, 4) is 10.4 Å². The lowest BCUT2D eigenvalue weighted by Gasteiger charge is -2.06. The zero-order valence-electron chi connectivity index (χ0n) is 13.3. The van der Waals surface area contributed by atoms with Crippen LogP contribution in [0.25, 0.3) is 20.7 Å². The van der Waals surface area contributed by atoms with Crippen molar-refractivity contribution < 1.29 is 0 Å². The van der Waals surface area contributed by atoms with Crippen molar-refractivity contribution in [1.29, 1.82) is 0 Å². The van der Waals surface area contributed by atoms with Crippen LogP contribution >= 0.6 is 57.5 Å². The lowest BCUT2D eigenvalue weighted by Crippen LogP contribution is -2.19. The van der Waals surface area contributed by atoms with Gasteiger partial charge in [-0.25, -0.2) is 4.98 Å². The van der Waals surface area contributed by atoms with Gasteiger partial charge in [-0.3, -0.25) is 9.36 Å². The molecule has 10 heteroatoms. The molecule has 0 N–H and O–H groups in total. The lowest BCUT2D eigenvalue weighted by molar-refractivity contribution is 0.728. The first-order valence-electron chi connectivity index (χ1n) is 7.18. The van der Waals surface area contributed by atoms with Crippen LogP contribution in [0.3, 0.4) is 0 Å². The van der Waals surface area contributed by atoms with E-state index in [1.165, 1.54) is 23.1 Å². The Bertz CT molecular complexity index is 1080. The van der Waals surface area contributed by atoms with E-state index in [0.717, 1.165) is 24.6 Å². The number of rotatable bonds is 5. The minimum Gasteiger partial charge on any atom is -0.290 e. The molecular weight excluding hydrogens is 413 g/mol. The van der Waals surface area contributed by atoms with Crippen LogP contribution in [-0.2, 0) is 12.8 Å².